The number of nitrogens with one attached hydrogen (secondary N) is 2. The van der Waals surface area contributed by atoms with E-state index in [1.54, 1.807) is 73.3 Å². The number of furan rings is 2. The van der Waals surface area contributed by atoms with Crippen molar-refractivity contribution >= 4 is 24.2 Å². The average molecular weight is 489 g/mol. The van der Waals surface area contributed by atoms with E-state index in [4.69, 9.17) is 8.83 Å². The molecule has 0 saturated carbocycles. The Kier molecular flexibility index (Phi) is 10.5. The molecule has 0 atom stereocenters. The minimum absolute atomic E-state index is 0. The summed E-state index contributed by atoms with van der Waals surface area (Å²) in [6.45, 7) is 0. The van der Waals surface area contributed by atoms with Gasteiger partial charge in [-0.05, 0) is 48.5 Å². The first-order valence-corrected chi connectivity index (χ1v) is 9.26. The van der Waals surface area contributed by atoms with Gasteiger partial charge in [-0.2, -0.15) is 10.2 Å². The predicted octanol–water partition coefficient (Wildman–Crippen LogP) is 2.87. The summed E-state index contributed by atoms with van der Waals surface area (Å²) in [4.78, 5) is 30.6. The molecule has 0 saturated heterocycles. The molecule has 4 aromatic rings. The third-order valence-electron chi connectivity index (χ3n) is 3.69. The first-order chi connectivity index (χ1) is 15.7. The maximum atomic E-state index is 11.5. The molecule has 33 heavy (non-hydrogen) atoms. The van der Waals surface area contributed by atoms with Gasteiger partial charge in [0.05, 0.1) is 25.0 Å². The Morgan fingerprint density at radius 3 is 1.42 bits per heavy atom. The van der Waals surface area contributed by atoms with Gasteiger partial charge in [0, 0.05) is 52.7 Å². The first kappa shape index (κ1) is 24.9. The topological polar surface area (TPSA) is 135 Å². The number of hydrogen-bond acceptors (Lipinski definition) is 8. The molecule has 0 aliphatic carbocycles. The fourth-order valence-electron chi connectivity index (χ4n) is 2.17. The SMILES string of the molecule is O=C(N/N=C/c1ccco1)c1ccncc1.O=C(N/N=C/c1ccco1)c1ccncc1.[Co]. The fourth-order valence-corrected chi connectivity index (χ4v) is 2.17. The Labute approximate surface area is 199 Å². The van der Waals surface area contributed by atoms with E-state index in [0.717, 1.165) is 0 Å². The Morgan fingerprint density at radius 2 is 1.09 bits per heavy atom. The summed E-state index contributed by atoms with van der Waals surface area (Å²) >= 11 is 0. The van der Waals surface area contributed by atoms with Crippen LogP contribution in [0.25, 0.3) is 0 Å². The molecule has 4 aromatic heterocycles. The number of nitrogens with zero attached hydrogens (tertiary/aromatic N) is 4. The van der Waals surface area contributed by atoms with E-state index in [-0.39, 0.29) is 28.6 Å². The zero-order valence-corrected chi connectivity index (χ0v) is 18.0. The summed E-state index contributed by atoms with van der Waals surface area (Å²) in [7, 11) is 0. The van der Waals surface area contributed by atoms with Crippen LogP contribution in [0.4, 0.5) is 0 Å². The van der Waals surface area contributed by atoms with Crippen LogP contribution in [0.15, 0.2) is 105 Å². The third-order valence-corrected chi connectivity index (χ3v) is 3.69. The molecule has 169 valence electrons. The summed E-state index contributed by atoms with van der Waals surface area (Å²) in [5, 5.41) is 7.50. The Bertz CT molecular complexity index is 1050. The normalized spacial score (nSPS) is 10.2. The van der Waals surface area contributed by atoms with E-state index in [0.29, 0.717) is 22.6 Å². The molecule has 0 fully saturated rings. The van der Waals surface area contributed by atoms with E-state index in [1.165, 1.54) is 25.0 Å². The monoisotopic (exact) mass is 489 g/mol. The fraction of sp³-hybridized carbons (Fsp3) is 0. The first-order valence-electron chi connectivity index (χ1n) is 9.26. The van der Waals surface area contributed by atoms with Crippen molar-refractivity contribution in [2.45, 2.75) is 0 Å². The van der Waals surface area contributed by atoms with Gasteiger partial charge < -0.3 is 8.83 Å². The average Bonchev–Trinajstić information content (AvgIpc) is 3.55. The summed E-state index contributed by atoms with van der Waals surface area (Å²) in [5.74, 6) is 0.584. The molecule has 4 heterocycles. The molecule has 0 aliphatic heterocycles. The van der Waals surface area contributed by atoms with Crippen LogP contribution < -0.4 is 10.9 Å². The summed E-state index contributed by atoms with van der Waals surface area (Å²) in [6.07, 6.45) is 12.1. The number of hydrazone groups is 2. The van der Waals surface area contributed by atoms with Crippen molar-refractivity contribution in [1.82, 2.24) is 20.8 Å². The second-order valence-corrected chi connectivity index (χ2v) is 5.90. The molecule has 2 amide bonds. The van der Waals surface area contributed by atoms with Gasteiger partial charge in [0.1, 0.15) is 11.5 Å². The minimum atomic E-state index is -0.287. The van der Waals surface area contributed by atoms with Gasteiger partial charge in [-0.3, -0.25) is 19.6 Å². The molecule has 0 aliphatic rings. The largest absolute Gasteiger partial charge is 0.463 e. The second-order valence-electron chi connectivity index (χ2n) is 5.90. The van der Waals surface area contributed by atoms with E-state index < -0.39 is 0 Å². The van der Waals surface area contributed by atoms with Crippen molar-refractivity contribution in [2.24, 2.45) is 10.2 Å². The number of hydrogen-bond donors (Lipinski definition) is 2. The van der Waals surface area contributed by atoms with E-state index in [1.807, 2.05) is 0 Å². The summed E-state index contributed by atoms with van der Waals surface area (Å²) in [6, 6.07) is 13.4. The van der Waals surface area contributed by atoms with Crippen molar-refractivity contribution < 1.29 is 35.2 Å². The van der Waals surface area contributed by atoms with Gasteiger partial charge in [0.25, 0.3) is 11.8 Å². The quantitative estimate of drug-likeness (QED) is 0.316. The van der Waals surface area contributed by atoms with Crippen LogP contribution >= 0.6 is 0 Å². The number of aromatic nitrogens is 2. The zero-order valence-electron chi connectivity index (χ0n) is 17.0. The summed E-state index contributed by atoms with van der Waals surface area (Å²) in [5.41, 5.74) is 5.77. The maximum absolute atomic E-state index is 11.5. The van der Waals surface area contributed by atoms with Gasteiger partial charge in [-0.15, -0.1) is 0 Å². The van der Waals surface area contributed by atoms with E-state index in [9.17, 15) is 9.59 Å². The number of amides is 2. The van der Waals surface area contributed by atoms with Crippen molar-refractivity contribution in [3.05, 3.63) is 108 Å². The molecular formula is C22H18CoN6O4. The molecule has 11 heteroatoms. The van der Waals surface area contributed by atoms with E-state index in [2.05, 4.69) is 31.0 Å². The smallest absolute Gasteiger partial charge is 0.271 e. The van der Waals surface area contributed by atoms with Crippen LogP contribution in [0.2, 0.25) is 0 Å². The van der Waals surface area contributed by atoms with Crippen LogP contribution in [-0.4, -0.2) is 34.2 Å². The summed E-state index contributed by atoms with van der Waals surface area (Å²) < 4.78 is 10.0. The van der Waals surface area contributed by atoms with Gasteiger partial charge in [-0.25, -0.2) is 10.9 Å². The van der Waals surface area contributed by atoms with Crippen LogP contribution in [0.1, 0.15) is 32.2 Å². The Balaban J connectivity index is 0.000000227. The molecule has 0 bridgehead atoms. The standard InChI is InChI=1S/2C11H9N3O2.Co/c2*15-11(9-3-5-12-6-4-9)14-13-8-10-2-1-7-16-10;/h2*1-8H,(H,14,15);/b2*13-8+;. The maximum Gasteiger partial charge on any atom is 0.271 e. The minimum Gasteiger partial charge on any atom is -0.463 e. The van der Waals surface area contributed by atoms with Crippen molar-refractivity contribution in [1.29, 1.82) is 0 Å². The Hall–Kier alpha value is -4.35. The van der Waals surface area contributed by atoms with Gasteiger partial charge >= 0.3 is 0 Å². The van der Waals surface area contributed by atoms with Crippen LogP contribution in [-0.2, 0) is 16.8 Å². The number of carbonyl (C=O) groups excluding carboxylic acids is 2. The van der Waals surface area contributed by atoms with Crippen molar-refractivity contribution in [2.75, 3.05) is 0 Å². The molecule has 0 aromatic carbocycles. The third kappa shape index (κ3) is 8.73. The molecule has 0 spiro atoms. The van der Waals surface area contributed by atoms with Gasteiger partial charge in [0.2, 0.25) is 0 Å². The molecule has 2 N–H and O–H groups in total. The van der Waals surface area contributed by atoms with Gasteiger partial charge in [-0.1, -0.05) is 0 Å². The molecule has 10 nitrogen and oxygen atoms in total. The van der Waals surface area contributed by atoms with E-state index >= 15 is 0 Å². The van der Waals surface area contributed by atoms with Crippen molar-refractivity contribution in [3.63, 3.8) is 0 Å². The number of rotatable bonds is 6. The molecular weight excluding hydrogens is 471 g/mol. The zero-order chi connectivity index (χ0) is 22.4. The molecule has 4 rings (SSSR count). The predicted molar refractivity (Wildman–Crippen MR) is 116 cm³/mol. The van der Waals surface area contributed by atoms with Crippen LogP contribution in [0.5, 0.6) is 0 Å². The van der Waals surface area contributed by atoms with Crippen molar-refractivity contribution in [3.8, 4) is 0 Å². The Morgan fingerprint density at radius 1 is 0.697 bits per heavy atom. The number of carbonyl (C=O) groups is 2. The molecule has 0 unspecified atom stereocenters. The van der Waals surface area contributed by atoms with Crippen LogP contribution in [0.3, 0.4) is 0 Å². The van der Waals surface area contributed by atoms with Crippen LogP contribution in [0, 0.1) is 0 Å². The van der Waals surface area contributed by atoms with Gasteiger partial charge in [0.15, 0.2) is 0 Å². The number of pyridine rings is 2. The molecule has 1 radical (unpaired) electrons. The second kappa shape index (κ2) is 13.9.